The van der Waals surface area contributed by atoms with Gasteiger partial charge in [-0.05, 0) is 88.8 Å². The van der Waals surface area contributed by atoms with Gasteiger partial charge in [-0.3, -0.25) is 0 Å². The lowest BCUT2D eigenvalue weighted by molar-refractivity contribution is 1.18. The molecule has 7 aromatic carbocycles. The summed E-state index contributed by atoms with van der Waals surface area (Å²) in [5.41, 5.74) is 11.8. The van der Waals surface area contributed by atoms with E-state index in [2.05, 4.69) is 104 Å². The molecule has 230 valence electrons. The summed E-state index contributed by atoms with van der Waals surface area (Å²) in [5.74, 6) is 0. The molecule has 0 saturated carbocycles. The molecule has 50 heavy (non-hydrogen) atoms. The third-order valence-electron chi connectivity index (χ3n) is 9.55. The van der Waals surface area contributed by atoms with Gasteiger partial charge in [0, 0.05) is 27.4 Å². The Bertz CT molecular complexity index is 2970. The molecule has 0 aliphatic rings. The van der Waals surface area contributed by atoms with E-state index in [-0.39, 0.29) is 0 Å². The van der Waals surface area contributed by atoms with Crippen LogP contribution in [0.3, 0.4) is 0 Å². The molecule has 0 aliphatic heterocycles. The number of fused-ring (bicyclic) bond motifs is 6. The van der Waals surface area contributed by atoms with E-state index in [4.69, 9.17) is 13.1 Å². The van der Waals surface area contributed by atoms with Gasteiger partial charge in [-0.1, -0.05) is 84.9 Å². The summed E-state index contributed by atoms with van der Waals surface area (Å²) in [6.45, 7) is 15.7. The van der Waals surface area contributed by atoms with Crippen molar-refractivity contribution in [3.05, 3.63) is 180 Å². The molecule has 9 aromatic rings. The van der Waals surface area contributed by atoms with Crippen molar-refractivity contribution < 1.29 is 0 Å². The van der Waals surface area contributed by atoms with Crippen molar-refractivity contribution in [1.82, 2.24) is 9.13 Å². The Balaban J connectivity index is 1.29. The smallest absolute Gasteiger partial charge is 0.189 e. The monoisotopic (exact) mass is 635 g/mol. The Hall–Kier alpha value is -7.39. The van der Waals surface area contributed by atoms with Crippen LogP contribution in [0.4, 0.5) is 11.4 Å². The van der Waals surface area contributed by atoms with Gasteiger partial charge in [0.05, 0.1) is 52.5 Å². The highest BCUT2D eigenvalue weighted by Crippen LogP contribution is 2.42. The number of hydrogen-bond acceptors (Lipinski definition) is 1. The molecule has 0 fully saturated rings. The summed E-state index contributed by atoms with van der Waals surface area (Å²) in [6.07, 6.45) is 0. The minimum Gasteiger partial charge on any atom is -0.310 e. The van der Waals surface area contributed by atoms with E-state index in [9.17, 15) is 5.26 Å². The second-order valence-electron chi connectivity index (χ2n) is 12.3. The fourth-order valence-corrected chi connectivity index (χ4v) is 7.42. The van der Waals surface area contributed by atoms with Crippen molar-refractivity contribution in [2.24, 2.45) is 0 Å². The van der Waals surface area contributed by atoms with Crippen LogP contribution in [-0.4, -0.2) is 9.13 Å². The van der Waals surface area contributed by atoms with Crippen molar-refractivity contribution in [2.75, 3.05) is 0 Å². The number of nitriles is 1. The Morgan fingerprint density at radius 3 is 1.78 bits per heavy atom. The molecule has 0 atom stereocenters. The highest BCUT2D eigenvalue weighted by molar-refractivity contribution is 6.11. The van der Waals surface area contributed by atoms with Crippen LogP contribution in [0, 0.1) is 24.5 Å². The molecule has 0 saturated heterocycles. The first-order valence-electron chi connectivity index (χ1n) is 16.2. The second-order valence-corrected chi connectivity index (χ2v) is 12.3. The molecule has 0 bridgehead atoms. The molecule has 0 amide bonds. The normalized spacial score (nSPS) is 11.1. The molecule has 0 unspecified atom stereocenters. The second kappa shape index (κ2) is 11.4. The topological polar surface area (TPSA) is 42.4 Å². The maximum atomic E-state index is 9.65. The lowest BCUT2D eigenvalue weighted by atomic mass is 9.93. The Morgan fingerprint density at radius 1 is 0.460 bits per heavy atom. The number of rotatable bonds is 4. The average Bonchev–Trinajstić information content (AvgIpc) is 3.69. The average molecular weight is 636 g/mol. The minimum atomic E-state index is 0.540. The van der Waals surface area contributed by atoms with E-state index in [0.717, 1.165) is 77.2 Å². The van der Waals surface area contributed by atoms with E-state index in [0.29, 0.717) is 16.9 Å². The first-order valence-corrected chi connectivity index (χ1v) is 16.2. The zero-order chi connectivity index (χ0) is 33.8. The number of aromatic nitrogens is 2. The van der Waals surface area contributed by atoms with E-state index in [1.165, 1.54) is 0 Å². The maximum Gasteiger partial charge on any atom is 0.189 e. The highest BCUT2D eigenvalue weighted by atomic mass is 15.0. The molecule has 2 aromatic heterocycles. The predicted molar refractivity (Wildman–Crippen MR) is 203 cm³/mol. The third kappa shape index (κ3) is 4.38. The summed E-state index contributed by atoms with van der Waals surface area (Å²) in [7, 11) is 0. The van der Waals surface area contributed by atoms with Crippen LogP contribution >= 0.6 is 0 Å². The predicted octanol–water partition coefficient (Wildman–Crippen LogP) is 12.2. The first kappa shape index (κ1) is 28.8. The summed E-state index contributed by atoms with van der Waals surface area (Å²) in [6, 6.07) is 53.4. The molecule has 0 N–H and O–H groups in total. The third-order valence-corrected chi connectivity index (χ3v) is 9.55. The number of para-hydroxylation sites is 3. The molecular weight excluding hydrogens is 611 g/mol. The van der Waals surface area contributed by atoms with Gasteiger partial charge in [0.25, 0.3) is 0 Å². The van der Waals surface area contributed by atoms with Crippen molar-refractivity contribution >= 4 is 55.0 Å². The zero-order valence-corrected chi connectivity index (χ0v) is 26.7. The van der Waals surface area contributed by atoms with Crippen LogP contribution in [0.1, 0.15) is 5.56 Å². The molecular formula is C45H25N5. The molecule has 2 heterocycles. The van der Waals surface area contributed by atoms with E-state index in [1.54, 1.807) is 0 Å². The lowest BCUT2D eigenvalue weighted by Crippen LogP contribution is -1.98. The SMILES string of the molecule is [C-]#[N+]c1cc(-c2ccccc2-c2ccccc2-n2c3ccccc3c3cc([N+]#[C-])ccc32)cc(-n2c3ccccc3c3cc(C#N)ccc32)c1. The van der Waals surface area contributed by atoms with Gasteiger partial charge < -0.3 is 9.13 Å². The quantitative estimate of drug-likeness (QED) is 0.177. The van der Waals surface area contributed by atoms with Crippen molar-refractivity contribution in [1.29, 1.82) is 5.26 Å². The molecule has 0 radical (unpaired) electrons. The van der Waals surface area contributed by atoms with Gasteiger partial charge in [-0.15, -0.1) is 0 Å². The van der Waals surface area contributed by atoms with Gasteiger partial charge in [0.1, 0.15) is 0 Å². The summed E-state index contributed by atoms with van der Waals surface area (Å²) < 4.78 is 4.48. The summed E-state index contributed by atoms with van der Waals surface area (Å²) in [4.78, 5) is 7.63. The fraction of sp³-hybridized carbons (Fsp3) is 0. The van der Waals surface area contributed by atoms with Crippen LogP contribution in [-0.2, 0) is 0 Å². The van der Waals surface area contributed by atoms with E-state index >= 15 is 0 Å². The first-order chi connectivity index (χ1) is 24.7. The van der Waals surface area contributed by atoms with Gasteiger partial charge in [-0.2, -0.15) is 5.26 Å². The largest absolute Gasteiger partial charge is 0.310 e. The number of hydrogen-bond donors (Lipinski definition) is 0. The minimum absolute atomic E-state index is 0.540. The fourth-order valence-electron chi connectivity index (χ4n) is 7.42. The van der Waals surface area contributed by atoms with Crippen LogP contribution in [0.5, 0.6) is 0 Å². The summed E-state index contributed by atoms with van der Waals surface area (Å²) in [5, 5.41) is 13.8. The Labute approximate surface area is 288 Å². The standard InChI is InChI=1S/C45H25N5/c1-47-31-20-22-45-40(27-31)38-15-7-10-18-43(38)50(45)42-17-9-5-13-36(42)35-12-4-3-11-34(35)30-24-32(48-2)26-33(25-30)49-41-16-8-6-14-37(41)39-23-29(28-46)19-21-44(39)49/h3-27H. The van der Waals surface area contributed by atoms with Gasteiger partial charge in [0.2, 0.25) is 0 Å². The van der Waals surface area contributed by atoms with E-state index < -0.39 is 0 Å². The number of benzene rings is 7. The van der Waals surface area contributed by atoms with Gasteiger partial charge in [0.15, 0.2) is 11.4 Å². The van der Waals surface area contributed by atoms with Crippen molar-refractivity contribution in [3.63, 3.8) is 0 Å². The van der Waals surface area contributed by atoms with E-state index in [1.807, 2.05) is 72.8 Å². The zero-order valence-electron chi connectivity index (χ0n) is 26.7. The van der Waals surface area contributed by atoms with Crippen molar-refractivity contribution in [2.45, 2.75) is 0 Å². The van der Waals surface area contributed by atoms with Gasteiger partial charge in [-0.25, -0.2) is 9.69 Å². The van der Waals surface area contributed by atoms with Crippen molar-refractivity contribution in [3.8, 4) is 39.7 Å². The Kier molecular flexibility index (Phi) is 6.56. The molecule has 0 aliphatic carbocycles. The van der Waals surface area contributed by atoms with Crippen LogP contribution < -0.4 is 0 Å². The molecule has 0 spiro atoms. The van der Waals surface area contributed by atoms with Crippen LogP contribution in [0.2, 0.25) is 0 Å². The molecule has 5 nitrogen and oxygen atoms in total. The molecule has 9 rings (SSSR count). The Morgan fingerprint density at radius 2 is 1.04 bits per heavy atom. The van der Waals surface area contributed by atoms with Crippen LogP contribution in [0.25, 0.3) is 86.9 Å². The maximum absolute atomic E-state index is 9.65. The highest BCUT2D eigenvalue weighted by Gasteiger charge is 2.19. The van der Waals surface area contributed by atoms with Crippen LogP contribution in [0.15, 0.2) is 152 Å². The molecule has 5 heteroatoms. The lowest BCUT2D eigenvalue weighted by Gasteiger charge is -2.18. The summed E-state index contributed by atoms with van der Waals surface area (Å²) >= 11 is 0. The number of nitrogens with zero attached hydrogens (tertiary/aromatic N) is 5. The van der Waals surface area contributed by atoms with Gasteiger partial charge >= 0.3 is 0 Å².